The highest BCUT2D eigenvalue weighted by atomic mass is 16.4. The Morgan fingerprint density at radius 3 is 2.25 bits per heavy atom. The summed E-state index contributed by atoms with van der Waals surface area (Å²) in [6.07, 6.45) is -0.0650. The first-order chi connectivity index (χ1) is 7.25. The van der Waals surface area contributed by atoms with Crippen LogP contribution in [0.1, 0.15) is 20.3 Å². The van der Waals surface area contributed by atoms with Crippen molar-refractivity contribution >= 4 is 12.0 Å². The Kier molecular flexibility index (Phi) is 5.81. The van der Waals surface area contributed by atoms with Crippen molar-refractivity contribution in [1.29, 1.82) is 0 Å². The fourth-order valence-corrected chi connectivity index (χ4v) is 0.800. The summed E-state index contributed by atoms with van der Waals surface area (Å²) in [4.78, 5) is 23.5. The lowest BCUT2D eigenvalue weighted by atomic mass is 10.1. The molecular weight excluding hydrogens is 210 g/mol. The minimum absolute atomic E-state index is 0.0650. The van der Waals surface area contributed by atoms with Crippen molar-refractivity contribution in [2.45, 2.75) is 25.8 Å². The van der Waals surface area contributed by atoms with Gasteiger partial charge in [0.25, 0.3) is 0 Å². The van der Waals surface area contributed by atoms with Gasteiger partial charge in [-0.25, -0.2) is 4.79 Å². The van der Waals surface area contributed by atoms with Gasteiger partial charge in [0, 0.05) is 18.6 Å². The molecule has 0 radical (unpaired) electrons. The molecule has 0 spiro atoms. The number of hydrogen-bond donors (Lipinski definition) is 3. The van der Waals surface area contributed by atoms with Gasteiger partial charge in [-0.05, 0) is 27.9 Å². The van der Waals surface area contributed by atoms with Crippen molar-refractivity contribution in [3.63, 3.8) is 0 Å². The van der Waals surface area contributed by atoms with Gasteiger partial charge in [0.1, 0.15) is 0 Å². The molecule has 2 amide bonds. The number of carbonyl (C=O) groups excluding carboxylic acids is 1. The van der Waals surface area contributed by atoms with Crippen LogP contribution in [-0.2, 0) is 4.79 Å². The number of carboxylic acid groups (broad SMARTS) is 1. The quantitative estimate of drug-likeness (QED) is 0.605. The Balaban J connectivity index is 3.77. The number of carbonyl (C=O) groups is 2. The molecule has 0 heterocycles. The molecule has 0 rings (SSSR count). The summed E-state index contributed by atoms with van der Waals surface area (Å²) in [7, 11) is 3.87. The van der Waals surface area contributed by atoms with Crippen LogP contribution in [0, 0.1) is 0 Å². The van der Waals surface area contributed by atoms with Gasteiger partial charge in [0.15, 0.2) is 0 Å². The van der Waals surface area contributed by atoms with Crippen LogP contribution in [-0.4, -0.2) is 54.7 Å². The summed E-state index contributed by atoms with van der Waals surface area (Å²) >= 11 is 0. The molecular formula is C10H21N3O3. The fraction of sp³-hybridized carbons (Fsp3) is 0.800. The maximum absolute atomic E-state index is 11.3. The summed E-state index contributed by atoms with van der Waals surface area (Å²) in [6.45, 7) is 4.65. The highest BCUT2D eigenvalue weighted by Crippen LogP contribution is 2.07. The summed E-state index contributed by atoms with van der Waals surface area (Å²) < 4.78 is 0. The minimum atomic E-state index is -0.922. The normalized spacial score (nSPS) is 11.3. The van der Waals surface area contributed by atoms with Crippen LogP contribution in [0.25, 0.3) is 0 Å². The van der Waals surface area contributed by atoms with Crippen molar-refractivity contribution in [1.82, 2.24) is 15.5 Å². The van der Waals surface area contributed by atoms with Crippen LogP contribution in [0.5, 0.6) is 0 Å². The molecule has 0 aliphatic rings. The van der Waals surface area contributed by atoms with Gasteiger partial charge in [0.05, 0.1) is 6.42 Å². The highest BCUT2D eigenvalue weighted by Gasteiger charge is 2.20. The van der Waals surface area contributed by atoms with Gasteiger partial charge >= 0.3 is 12.0 Å². The largest absolute Gasteiger partial charge is 0.481 e. The van der Waals surface area contributed by atoms with Crippen molar-refractivity contribution in [3.8, 4) is 0 Å². The third-order valence-corrected chi connectivity index (χ3v) is 2.52. The second-order valence-electron chi connectivity index (χ2n) is 4.46. The summed E-state index contributed by atoms with van der Waals surface area (Å²) in [6, 6.07) is -0.337. The van der Waals surface area contributed by atoms with Crippen LogP contribution in [0.4, 0.5) is 4.79 Å². The number of nitrogens with one attached hydrogen (secondary N) is 2. The first-order valence-electron chi connectivity index (χ1n) is 5.16. The Morgan fingerprint density at radius 2 is 1.81 bits per heavy atom. The molecule has 94 valence electrons. The van der Waals surface area contributed by atoms with Crippen LogP contribution >= 0.6 is 0 Å². The first kappa shape index (κ1) is 14.7. The SMILES string of the molecule is CN(C)C(C)(C)CNC(=O)NCCC(=O)O. The Bertz CT molecular complexity index is 252. The summed E-state index contributed by atoms with van der Waals surface area (Å²) in [5.74, 6) is -0.922. The maximum atomic E-state index is 11.3. The first-order valence-corrected chi connectivity index (χ1v) is 5.16. The number of amides is 2. The molecule has 0 aliphatic carbocycles. The average Bonchev–Trinajstić information content (AvgIpc) is 2.14. The lowest BCUT2D eigenvalue weighted by molar-refractivity contribution is -0.136. The lowest BCUT2D eigenvalue weighted by Gasteiger charge is -2.32. The van der Waals surface area contributed by atoms with Crippen molar-refractivity contribution in [2.24, 2.45) is 0 Å². The standard InChI is InChI=1S/C10H21N3O3/c1-10(2,13(3)4)7-12-9(16)11-6-5-8(14)15/h5-7H2,1-4H3,(H,14,15)(H2,11,12,16). The molecule has 0 aromatic rings. The zero-order valence-corrected chi connectivity index (χ0v) is 10.3. The van der Waals surface area contributed by atoms with E-state index in [0.717, 1.165) is 0 Å². The van der Waals surface area contributed by atoms with E-state index in [1.807, 2.05) is 32.8 Å². The van der Waals surface area contributed by atoms with Crippen LogP contribution in [0.15, 0.2) is 0 Å². The monoisotopic (exact) mass is 231 g/mol. The van der Waals surface area contributed by atoms with Crippen molar-refractivity contribution in [2.75, 3.05) is 27.2 Å². The Labute approximate surface area is 96.0 Å². The van der Waals surface area contributed by atoms with E-state index < -0.39 is 5.97 Å². The van der Waals surface area contributed by atoms with Gasteiger partial charge < -0.3 is 20.6 Å². The zero-order chi connectivity index (χ0) is 12.8. The number of urea groups is 1. The van der Waals surface area contributed by atoms with Gasteiger partial charge in [-0.2, -0.15) is 0 Å². The topological polar surface area (TPSA) is 81.7 Å². The zero-order valence-electron chi connectivity index (χ0n) is 10.3. The molecule has 0 fully saturated rings. The molecule has 0 saturated heterocycles. The molecule has 0 aromatic heterocycles. The number of nitrogens with zero attached hydrogens (tertiary/aromatic N) is 1. The van der Waals surface area contributed by atoms with Crippen LogP contribution in [0.3, 0.4) is 0 Å². The predicted octanol–water partition coefficient (Wildman–Crippen LogP) is 0.101. The minimum Gasteiger partial charge on any atom is -0.481 e. The van der Waals surface area contributed by atoms with E-state index in [4.69, 9.17) is 5.11 Å². The third-order valence-electron chi connectivity index (χ3n) is 2.52. The third kappa shape index (κ3) is 6.23. The number of carboxylic acids is 1. The fourth-order valence-electron chi connectivity index (χ4n) is 0.800. The van der Waals surface area contributed by atoms with E-state index >= 15 is 0 Å². The Hall–Kier alpha value is -1.30. The van der Waals surface area contributed by atoms with Crippen LogP contribution in [0.2, 0.25) is 0 Å². The number of aliphatic carboxylic acids is 1. The number of likely N-dealkylation sites (N-methyl/N-ethyl adjacent to an activating group) is 1. The van der Waals surface area contributed by atoms with E-state index in [2.05, 4.69) is 10.6 Å². The van der Waals surface area contributed by atoms with Gasteiger partial charge in [-0.15, -0.1) is 0 Å². The molecule has 0 atom stereocenters. The van der Waals surface area contributed by atoms with Crippen molar-refractivity contribution < 1.29 is 14.7 Å². The van der Waals surface area contributed by atoms with E-state index in [1.54, 1.807) is 0 Å². The van der Waals surface area contributed by atoms with E-state index in [0.29, 0.717) is 6.54 Å². The smallest absolute Gasteiger partial charge is 0.314 e. The van der Waals surface area contributed by atoms with E-state index in [1.165, 1.54) is 0 Å². The van der Waals surface area contributed by atoms with E-state index in [9.17, 15) is 9.59 Å². The Morgan fingerprint density at radius 1 is 1.25 bits per heavy atom. The molecule has 0 unspecified atom stereocenters. The van der Waals surface area contributed by atoms with Gasteiger partial charge in [0.2, 0.25) is 0 Å². The highest BCUT2D eigenvalue weighted by molar-refractivity contribution is 5.75. The molecule has 0 bridgehead atoms. The second kappa shape index (κ2) is 6.32. The molecule has 3 N–H and O–H groups in total. The maximum Gasteiger partial charge on any atom is 0.314 e. The summed E-state index contributed by atoms with van der Waals surface area (Å²) in [5.41, 5.74) is -0.135. The number of hydrogen-bond acceptors (Lipinski definition) is 3. The van der Waals surface area contributed by atoms with Gasteiger partial charge in [-0.3, -0.25) is 4.79 Å². The van der Waals surface area contributed by atoms with Crippen LogP contribution < -0.4 is 10.6 Å². The van der Waals surface area contributed by atoms with Crippen molar-refractivity contribution in [3.05, 3.63) is 0 Å². The average molecular weight is 231 g/mol. The molecule has 6 heteroatoms. The molecule has 16 heavy (non-hydrogen) atoms. The van der Waals surface area contributed by atoms with Gasteiger partial charge in [-0.1, -0.05) is 0 Å². The second-order valence-corrected chi connectivity index (χ2v) is 4.46. The lowest BCUT2D eigenvalue weighted by Crippen LogP contribution is -2.50. The molecule has 0 aliphatic heterocycles. The number of rotatable bonds is 6. The molecule has 6 nitrogen and oxygen atoms in total. The summed E-state index contributed by atoms with van der Waals surface area (Å²) in [5, 5.41) is 13.5. The molecule has 0 aromatic carbocycles. The van der Waals surface area contributed by atoms with E-state index in [-0.39, 0.29) is 24.5 Å². The predicted molar refractivity (Wildman–Crippen MR) is 61.4 cm³/mol. The molecule has 0 saturated carbocycles.